The van der Waals surface area contributed by atoms with E-state index in [0.29, 0.717) is 24.4 Å². The van der Waals surface area contributed by atoms with E-state index in [-0.39, 0.29) is 77.8 Å². The summed E-state index contributed by atoms with van der Waals surface area (Å²) >= 11 is 3.14. The second kappa shape index (κ2) is 26.2. The van der Waals surface area contributed by atoms with E-state index < -0.39 is 29.9 Å². The Balaban J connectivity index is 0.000000300. The van der Waals surface area contributed by atoms with Crippen molar-refractivity contribution in [2.24, 2.45) is 0 Å². The smallest absolute Gasteiger partial charge is 0.748 e. The van der Waals surface area contributed by atoms with Crippen molar-refractivity contribution >= 4 is 71.9 Å². The average molecular weight is 937 g/mol. The summed E-state index contributed by atoms with van der Waals surface area (Å²) in [6, 6.07) is 19.2. The van der Waals surface area contributed by atoms with E-state index in [1.165, 1.54) is 11.3 Å². The van der Waals surface area contributed by atoms with Gasteiger partial charge in [0.25, 0.3) is 0 Å². The van der Waals surface area contributed by atoms with Crippen LogP contribution in [0.15, 0.2) is 73.1 Å². The molecule has 330 valence electrons. The van der Waals surface area contributed by atoms with Gasteiger partial charge in [-0.3, -0.25) is 0 Å². The third kappa shape index (κ3) is 16.9. The SMILES string of the molecule is CC[C@H](COc1ccc2nc(-c3ccc(N(C)B(C)O)nc3)sc2c1)OC1CCCCO1.CNc1ccc(-c2nc3ccc(OC[C@H](O)C[18F])cc3s2)cn1.CS(=O)(=O)[O-].[CH3-].[K+]. The molecular formula is C41H52BFKN6O9S3-. The molecule has 15 nitrogen and oxygen atoms in total. The van der Waals surface area contributed by atoms with Crippen molar-refractivity contribution in [3.63, 3.8) is 0 Å². The van der Waals surface area contributed by atoms with Gasteiger partial charge in [0.1, 0.15) is 59.1 Å². The number of hydrogen-bond acceptors (Lipinski definition) is 17. The van der Waals surface area contributed by atoms with Crippen LogP contribution < -0.4 is 71.0 Å². The molecule has 62 heavy (non-hydrogen) atoms. The van der Waals surface area contributed by atoms with Gasteiger partial charge in [0.05, 0.1) is 36.7 Å². The minimum Gasteiger partial charge on any atom is -0.748 e. The predicted octanol–water partition coefficient (Wildman–Crippen LogP) is 4.33. The molecule has 0 amide bonds. The molecule has 1 saturated heterocycles. The summed E-state index contributed by atoms with van der Waals surface area (Å²) in [6.45, 7) is 4.21. The fourth-order valence-corrected chi connectivity index (χ4v) is 7.50. The zero-order chi connectivity index (χ0) is 43.2. The first kappa shape index (κ1) is 53.4. The standard InChI is InChI=1S/C23H30BN3O4S.C16H16FN3O2S.CH4O3S.CH3.K/c1-4-17(31-22-7-5-6-12-29-22)15-30-18-9-10-19-20(13-18)32-23(26-19)16-8-11-21(25-14-16)27(3)24(2)28;1-18-15-5-2-10(8-19-15)16-20-13-4-3-12(6-14(13)23-16)22-9-11(21)7-17;1-5(2,3)4;;/h8-11,13-14,17,22,28H,4-7,12,15H2,1-3H3;2-6,8,11,21H,7,9H2,1H3,(H,18,19);1H3,(H,2,3,4);1H3;/q;;;-1;+1/p-1/t17-,22?;11-;;;/m11.../s1/i;17-1;;;. The molecule has 3 N–H and O–H groups in total. The van der Waals surface area contributed by atoms with Crippen LogP contribution in [-0.4, -0.2) is 115 Å². The number of aromatic nitrogens is 4. The fraction of sp³-hybridized carbons (Fsp3) is 0.390. The number of benzene rings is 2. The van der Waals surface area contributed by atoms with Crippen LogP contribution in [0.25, 0.3) is 41.6 Å². The zero-order valence-corrected chi connectivity index (χ0v) is 41.6. The molecule has 0 saturated carbocycles. The van der Waals surface area contributed by atoms with Crippen molar-refractivity contribution in [1.82, 2.24) is 19.9 Å². The molecule has 1 fully saturated rings. The Morgan fingerprint density at radius 1 is 0.968 bits per heavy atom. The number of halogens is 1. The number of nitrogens with one attached hydrogen (secondary N) is 1. The first-order chi connectivity index (χ1) is 28.7. The Morgan fingerprint density at radius 2 is 1.53 bits per heavy atom. The van der Waals surface area contributed by atoms with Crippen LogP contribution in [0.4, 0.5) is 16.0 Å². The largest absolute Gasteiger partial charge is 1.00 e. The van der Waals surface area contributed by atoms with Gasteiger partial charge in [-0.15, -0.1) is 22.7 Å². The van der Waals surface area contributed by atoms with Gasteiger partial charge >= 0.3 is 58.4 Å². The molecule has 21 heteroatoms. The second-order valence-electron chi connectivity index (χ2n) is 13.7. The van der Waals surface area contributed by atoms with E-state index in [9.17, 15) is 14.5 Å². The topological polar surface area (TPSA) is 201 Å². The van der Waals surface area contributed by atoms with Crippen molar-refractivity contribution in [3.8, 4) is 32.6 Å². The normalized spacial score (nSPS) is 14.4. The van der Waals surface area contributed by atoms with E-state index in [1.54, 1.807) is 41.4 Å². The number of nitrogens with zero attached hydrogens (tertiary/aromatic N) is 5. The molecule has 7 rings (SSSR count). The molecular weight excluding hydrogens is 885 g/mol. The first-order valence-corrected chi connectivity index (χ1v) is 22.7. The molecule has 0 spiro atoms. The Morgan fingerprint density at radius 3 is 1.98 bits per heavy atom. The third-order valence-corrected chi connectivity index (χ3v) is 11.0. The Kier molecular flexibility index (Phi) is 22.5. The maximum atomic E-state index is 12.2. The molecule has 4 aromatic heterocycles. The number of aliphatic hydroxyl groups excluding tert-OH is 1. The number of anilines is 2. The molecule has 3 atom stereocenters. The Bertz CT molecular complexity index is 2350. The molecule has 1 aliphatic heterocycles. The quantitative estimate of drug-likeness (QED) is 0.0746. The summed E-state index contributed by atoms with van der Waals surface area (Å²) in [5.41, 5.74) is 3.69. The van der Waals surface area contributed by atoms with Crippen molar-refractivity contribution in [1.29, 1.82) is 0 Å². The second-order valence-corrected chi connectivity index (χ2v) is 17.2. The summed E-state index contributed by atoms with van der Waals surface area (Å²) in [6.07, 6.45) is 7.08. The number of fused-ring (bicyclic) bond motifs is 2. The number of rotatable bonds is 15. The summed E-state index contributed by atoms with van der Waals surface area (Å²) in [4.78, 5) is 19.8. The van der Waals surface area contributed by atoms with Gasteiger partial charge < -0.3 is 51.2 Å². The van der Waals surface area contributed by atoms with E-state index in [0.717, 1.165) is 85.4 Å². The van der Waals surface area contributed by atoms with Crippen LogP contribution in [0.2, 0.25) is 6.82 Å². The third-order valence-electron chi connectivity index (χ3n) is 8.90. The van der Waals surface area contributed by atoms with Crippen LogP contribution in [-0.2, 0) is 19.6 Å². The molecule has 1 unspecified atom stereocenters. The van der Waals surface area contributed by atoms with E-state index in [4.69, 9.17) is 36.9 Å². The molecule has 0 radical (unpaired) electrons. The van der Waals surface area contributed by atoms with Gasteiger partial charge in [-0.05, 0) is 100 Å². The maximum Gasteiger partial charge on any atom is 1.00 e. The zero-order valence-electron chi connectivity index (χ0n) is 36.0. The van der Waals surface area contributed by atoms with Gasteiger partial charge in [-0.1, -0.05) is 6.92 Å². The first-order valence-electron chi connectivity index (χ1n) is 19.2. The molecule has 1 aliphatic rings. The van der Waals surface area contributed by atoms with E-state index >= 15 is 0 Å². The van der Waals surface area contributed by atoms with E-state index in [2.05, 4.69) is 27.2 Å². The number of hydrogen-bond donors (Lipinski definition) is 3. The van der Waals surface area contributed by atoms with Crippen LogP contribution >= 0.6 is 22.7 Å². The molecule has 0 bridgehead atoms. The van der Waals surface area contributed by atoms with Gasteiger partial charge in [0.2, 0.25) is 0 Å². The molecule has 2 aromatic carbocycles. The van der Waals surface area contributed by atoms with Crippen LogP contribution in [0, 0.1) is 7.43 Å². The summed E-state index contributed by atoms with van der Waals surface area (Å²) in [5, 5.41) is 23.7. The van der Waals surface area contributed by atoms with E-state index in [1.807, 2.05) is 68.7 Å². The predicted molar refractivity (Wildman–Crippen MR) is 241 cm³/mol. The van der Waals surface area contributed by atoms with Crippen molar-refractivity contribution < 1.29 is 97.8 Å². The van der Waals surface area contributed by atoms with Crippen LogP contribution in [0.5, 0.6) is 11.5 Å². The number of aliphatic hydroxyl groups is 1. The summed E-state index contributed by atoms with van der Waals surface area (Å²) < 4.78 is 64.7. The molecule has 5 heterocycles. The molecule has 0 aliphatic carbocycles. The minimum absolute atomic E-state index is 0. The average Bonchev–Trinajstić information content (AvgIpc) is 3.88. The van der Waals surface area contributed by atoms with Crippen LogP contribution in [0.1, 0.15) is 32.6 Å². The number of pyridine rings is 2. The number of thiazole rings is 2. The monoisotopic (exact) mass is 936 g/mol. The van der Waals surface area contributed by atoms with Gasteiger partial charge in [0.15, 0.2) is 6.29 Å². The Hall–Kier alpha value is -2.90. The number of ether oxygens (including phenoxy) is 4. The fourth-order valence-electron chi connectivity index (χ4n) is 5.53. The van der Waals surface area contributed by atoms with Crippen molar-refractivity contribution in [2.45, 2.75) is 57.9 Å². The van der Waals surface area contributed by atoms with Crippen molar-refractivity contribution in [3.05, 3.63) is 80.5 Å². The maximum absolute atomic E-state index is 12.2. The Labute approximate surface area is 413 Å². The number of alkyl halides is 1. The van der Waals surface area contributed by atoms with Gasteiger partial charge in [0, 0.05) is 43.4 Å². The summed E-state index contributed by atoms with van der Waals surface area (Å²) in [7, 11) is -0.884. The van der Waals surface area contributed by atoms with Gasteiger partial charge in [-0.2, -0.15) is 0 Å². The minimum atomic E-state index is -3.92. The van der Waals surface area contributed by atoms with Crippen molar-refractivity contribution in [2.75, 3.05) is 57.0 Å². The summed E-state index contributed by atoms with van der Waals surface area (Å²) in [5.74, 6) is 2.92. The molecule has 6 aromatic rings. The van der Waals surface area contributed by atoms with Gasteiger partial charge in [-0.25, -0.2) is 32.7 Å². The van der Waals surface area contributed by atoms with Crippen LogP contribution in [0.3, 0.4) is 0 Å².